The van der Waals surface area contributed by atoms with Crippen molar-refractivity contribution in [2.75, 3.05) is 26.9 Å². The zero-order chi connectivity index (χ0) is 12.4. The molecular formula is C12H27NO3. The molecule has 4 nitrogen and oxygen atoms in total. The minimum absolute atomic E-state index is 0.0746. The van der Waals surface area contributed by atoms with Crippen molar-refractivity contribution < 1.29 is 14.2 Å². The van der Waals surface area contributed by atoms with E-state index in [0.717, 1.165) is 12.8 Å². The molecule has 0 saturated heterocycles. The van der Waals surface area contributed by atoms with Crippen LogP contribution in [0.15, 0.2) is 0 Å². The van der Waals surface area contributed by atoms with E-state index in [1.165, 1.54) is 0 Å². The Morgan fingerprint density at radius 1 is 1.12 bits per heavy atom. The Hall–Kier alpha value is -0.160. The standard InChI is InChI=1S/C12H27NO3/c1-5-6-12(16-9-10(2)13)11(3)15-8-7-14-4/h10-12H,5-9,13H2,1-4H3. The van der Waals surface area contributed by atoms with Crippen LogP contribution in [0.5, 0.6) is 0 Å². The Balaban J connectivity index is 3.87. The van der Waals surface area contributed by atoms with E-state index in [9.17, 15) is 0 Å². The van der Waals surface area contributed by atoms with E-state index in [1.807, 2.05) is 13.8 Å². The number of rotatable bonds is 10. The van der Waals surface area contributed by atoms with Gasteiger partial charge < -0.3 is 19.9 Å². The maximum Gasteiger partial charge on any atom is 0.0834 e. The molecule has 0 radical (unpaired) electrons. The molecule has 0 spiro atoms. The maximum atomic E-state index is 5.75. The second-order valence-electron chi connectivity index (χ2n) is 4.21. The van der Waals surface area contributed by atoms with E-state index in [-0.39, 0.29) is 18.2 Å². The van der Waals surface area contributed by atoms with Gasteiger partial charge in [0.15, 0.2) is 0 Å². The first-order valence-electron chi connectivity index (χ1n) is 6.09. The smallest absolute Gasteiger partial charge is 0.0834 e. The Bertz CT molecular complexity index is 153. The molecule has 0 amide bonds. The van der Waals surface area contributed by atoms with E-state index in [1.54, 1.807) is 7.11 Å². The number of methoxy groups -OCH3 is 1. The third kappa shape index (κ3) is 8.05. The molecule has 4 heteroatoms. The highest BCUT2D eigenvalue weighted by atomic mass is 16.6. The van der Waals surface area contributed by atoms with E-state index >= 15 is 0 Å². The molecule has 0 aromatic carbocycles. The molecule has 0 saturated carbocycles. The second kappa shape index (κ2) is 10.0. The molecule has 0 aliphatic carbocycles. The third-order valence-corrected chi connectivity index (χ3v) is 2.34. The van der Waals surface area contributed by atoms with Crippen LogP contribution in [0.1, 0.15) is 33.6 Å². The van der Waals surface area contributed by atoms with Gasteiger partial charge in [-0.15, -0.1) is 0 Å². The number of ether oxygens (including phenoxy) is 3. The van der Waals surface area contributed by atoms with Gasteiger partial charge in [-0.1, -0.05) is 13.3 Å². The maximum absolute atomic E-state index is 5.75. The summed E-state index contributed by atoms with van der Waals surface area (Å²) in [6, 6.07) is 0.0746. The predicted octanol–water partition coefficient (Wildman–Crippen LogP) is 1.57. The lowest BCUT2D eigenvalue weighted by Crippen LogP contribution is -2.34. The highest BCUT2D eigenvalue weighted by Gasteiger charge is 2.18. The van der Waals surface area contributed by atoms with Crippen LogP contribution in [0.3, 0.4) is 0 Å². The van der Waals surface area contributed by atoms with Gasteiger partial charge in [0.1, 0.15) is 0 Å². The summed E-state index contributed by atoms with van der Waals surface area (Å²) in [4.78, 5) is 0. The topological polar surface area (TPSA) is 53.7 Å². The molecule has 98 valence electrons. The Kier molecular flexibility index (Phi) is 9.92. The average molecular weight is 233 g/mol. The fraction of sp³-hybridized carbons (Fsp3) is 1.00. The van der Waals surface area contributed by atoms with Crippen molar-refractivity contribution in [2.45, 2.75) is 51.9 Å². The molecule has 16 heavy (non-hydrogen) atoms. The lowest BCUT2D eigenvalue weighted by molar-refractivity contribution is -0.0788. The van der Waals surface area contributed by atoms with Crippen LogP contribution in [-0.4, -0.2) is 45.2 Å². The number of hydrogen-bond acceptors (Lipinski definition) is 4. The molecular weight excluding hydrogens is 206 g/mol. The van der Waals surface area contributed by atoms with Crippen molar-refractivity contribution in [3.63, 3.8) is 0 Å². The van der Waals surface area contributed by atoms with Crippen molar-refractivity contribution in [1.29, 1.82) is 0 Å². The lowest BCUT2D eigenvalue weighted by Gasteiger charge is -2.25. The zero-order valence-corrected chi connectivity index (χ0v) is 11.1. The van der Waals surface area contributed by atoms with Gasteiger partial charge in [0.05, 0.1) is 32.0 Å². The Morgan fingerprint density at radius 2 is 1.81 bits per heavy atom. The average Bonchev–Trinajstić information content (AvgIpc) is 2.24. The monoisotopic (exact) mass is 233 g/mol. The first kappa shape index (κ1) is 15.8. The first-order valence-corrected chi connectivity index (χ1v) is 6.09. The van der Waals surface area contributed by atoms with E-state index in [4.69, 9.17) is 19.9 Å². The molecule has 0 aliphatic heterocycles. The van der Waals surface area contributed by atoms with Crippen molar-refractivity contribution in [3.05, 3.63) is 0 Å². The summed E-state index contributed by atoms with van der Waals surface area (Å²) in [5, 5.41) is 0. The van der Waals surface area contributed by atoms with Crippen LogP contribution in [0.2, 0.25) is 0 Å². The molecule has 0 aromatic rings. The number of nitrogens with two attached hydrogens (primary N) is 1. The molecule has 0 rings (SSSR count). The molecule has 3 atom stereocenters. The van der Waals surface area contributed by atoms with Crippen LogP contribution < -0.4 is 5.73 Å². The summed E-state index contributed by atoms with van der Waals surface area (Å²) < 4.78 is 16.3. The van der Waals surface area contributed by atoms with Gasteiger partial charge >= 0.3 is 0 Å². The summed E-state index contributed by atoms with van der Waals surface area (Å²) in [6.45, 7) is 7.94. The predicted molar refractivity (Wildman–Crippen MR) is 65.6 cm³/mol. The SMILES string of the molecule is CCCC(OCC(C)N)C(C)OCCOC. The van der Waals surface area contributed by atoms with Gasteiger partial charge in [-0.05, 0) is 20.3 Å². The fourth-order valence-electron chi connectivity index (χ4n) is 1.44. The van der Waals surface area contributed by atoms with Crippen LogP contribution >= 0.6 is 0 Å². The van der Waals surface area contributed by atoms with Gasteiger partial charge in [-0.25, -0.2) is 0 Å². The van der Waals surface area contributed by atoms with Crippen LogP contribution in [0.25, 0.3) is 0 Å². The lowest BCUT2D eigenvalue weighted by atomic mass is 10.1. The normalized spacial score (nSPS) is 17.1. The van der Waals surface area contributed by atoms with E-state index < -0.39 is 0 Å². The molecule has 0 aromatic heterocycles. The molecule has 2 N–H and O–H groups in total. The van der Waals surface area contributed by atoms with Gasteiger partial charge in [-0.2, -0.15) is 0 Å². The van der Waals surface area contributed by atoms with Crippen molar-refractivity contribution in [1.82, 2.24) is 0 Å². The molecule has 3 unspecified atom stereocenters. The molecule has 0 aliphatic rings. The minimum atomic E-state index is 0.0746. The van der Waals surface area contributed by atoms with Crippen molar-refractivity contribution in [3.8, 4) is 0 Å². The second-order valence-corrected chi connectivity index (χ2v) is 4.21. The van der Waals surface area contributed by atoms with Crippen molar-refractivity contribution >= 4 is 0 Å². The van der Waals surface area contributed by atoms with Gasteiger partial charge in [0, 0.05) is 13.2 Å². The van der Waals surface area contributed by atoms with E-state index in [2.05, 4.69) is 6.92 Å². The summed E-state index contributed by atoms with van der Waals surface area (Å²) in [5.74, 6) is 0. The molecule has 0 fully saturated rings. The number of hydrogen-bond donors (Lipinski definition) is 1. The minimum Gasteiger partial charge on any atom is -0.382 e. The highest BCUT2D eigenvalue weighted by Crippen LogP contribution is 2.11. The Labute approximate surface area is 99.4 Å². The Morgan fingerprint density at radius 3 is 2.31 bits per heavy atom. The van der Waals surface area contributed by atoms with Gasteiger partial charge in [0.25, 0.3) is 0 Å². The van der Waals surface area contributed by atoms with Crippen LogP contribution in [-0.2, 0) is 14.2 Å². The highest BCUT2D eigenvalue weighted by molar-refractivity contribution is 4.67. The molecule has 0 bridgehead atoms. The van der Waals surface area contributed by atoms with Gasteiger partial charge in [-0.3, -0.25) is 0 Å². The third-order valence-electron chi connectivity index (χ3n) is 2.34. The molecule has 0 heterocycles. The largest absolute Gasteiger partial charge is 0.382 e. The summed E-state index contributed by atoms with van der Waals surface area (Å²) >= 11 is 0. The van der Waals surface area contributed by atoms with Crippen molar-refractivity contribution in [2.24, 2.45) is 5.73 Å². The first-order chi connectivity index (χ1) is 7.61. The van der Waals surface area contributed by atoms with E-state index in [0.29, 0.717) is 19.8 Å². The summed E-state index contributed by atoms with van der Waals surface area (Å²) in [6.07, 6.45) is 2.31. The summed E-state index contributed by atoms with van der Waals surface area (Å²) in [7, 11) is 1.67. The summed E-state index contributed by atoms with van der Waals surface area (Å²) in [5.41, 5.74) is 5.67. The quantitative estimate of drug-likeness (QED) is 0.582. The van der Waals surface area contributed by atoms with Crippen LogP contribution in [0, 0.1) is 0 Å². The zero-order valence-electron chi connectivity index (χ0n) is 11.1. The van der Waals surface area contributed by atoms with Crippen LogP contribution in [0.4, 0.5) is 0 Å². The fourth-order valence-corrected chi connectivity index (χ4v) is 1.44. The van der Waals surface area contributed by atoms with Gasteiger partial charge in [0.2, 0.25) is 0 Å².